The lowest BCUT2D eigenvalue weighted by molar-refractivity contribution is 0.0711. The molecular weight excluding hydrogens is 266 g/mol. The van der Waals surface area contributed by atoms with Crippen LogP contribution in [0.2, 0.25) is 0 Å². The van der Waals surface area contributed by atoms with Crippen LogP contribution in [0.3, 0.4) is 0 Å². The SMILES string of the molecule is CCOCCN(C)C(=O)c1cnc(NC)c2ccccc12. The van der Waals surface area contributed by atoms with Crippen molar-refractivity contribution in [1.82, 2.24) is 9.88 Å². The lowest BCUT2D eigenvalue weighted by Gasteiger charge is -2.18. The summed E-state index contributed by atoms with van der Waals surface area (Å²) in [5, 5.41) is 4.91. The van der Waals surface area contributed by atoms with Gasteiger partial charge in [-0.25, -0.2) is 4.98 Å². The van der Waals surface area contributed by atoms with Gasteiger partial charge in [-0.2, -0.15) is 0 Å². The fraction of sp³-hybridized carbons (Fsp3) is 0.375. The first kappa shape index (κ1) is 15.3. The Morgan fingerprint density at radius 3 is 2.71 bits per heavy atom. The molecule has 0 fully saturated rings. The van der Waals surface area contributed by atoms with Crippen molar-refractivity contribution in [3.63, 3.8) is 0 Å². The second kappa shape index (κ2) is 7.04. The van der Waals surface area contributed by atoms with E-state index in [1.54, 1.807) is 18.1 Å². The molecule has 5 heteroatoms. The average molecular weight is 287 g/mol. The number of rotatable bonds is 6. The Hall–Kier alpha value is -2.14. The number of hydrogen-bond donors (Lipinski definition) is 1. The van der Waals surface area contributed by atoms with Crippen molar-refractivity contribution in [2.75, 3.05) is 39.2 Å². The van der Waals surface area contributed by atoms with Crippen LogP contribution in [-0.4, -0.2) is 49.6 Å². The minimum Gasteiger partial charge on any atom is -0.380 e. The van der Waals surface area contributed by atoms with Gasteiger partial charge < -0.3 is 15.0 Å². The summed E-state index contributed by atoms with van der Waals surface area (Å²) < 4.78 is 5.29. The van der Waals surface area contributed by atoms with Gasteiger partial charge in [-0.1, -0.05) is 24.3 Å². The third-order valence-electron chi connectivity index (χ3n) is 3.38. The summed E-state index contributed by atoms with van der Waals surface area (Å²) in [4.78, 5) is 18.6. The molecule has 1 amide bonds. The summed E-state index contributed by atoms with van der Waals surface area (Å²) in [5.74, 6) is 0.736. The molecule has 0 aliphatic carbocycles. The van der Waals surface area contributed by atoms with E-state index in [1.807, 2.05) is 38.2 Å². The van der Waals surface area contributed by atoms with Crippen molar-refractivity contribution in [3.05, 3.63) is 36.0 Å². The standard InChI is InChI=1S/C16H21N3O2/c1-4-21-10-9-19(3)16(20)14-11-18-15(17-2)13-8-6-5-7-12(13)14/h5-8,11H,4,9-10H2,1-3H3,(H,17,18). The van der Waals surface area contributed by atoms with Crippen molar-refractivity contribution in [1.29, 1.82) is 0 Å². The van der Waals surface area contributed by atoms with Gasteiger partial charge in [0.05, 0.1) is 12.2 Å². The van der Waals surface area contributed by atoms with E-state index in [-0.39, 0.29) is 5.91 Å². The molecule has 0 bridgehead atoms. The van der Waals surface area contributed by atoms with Crippen LogP contribution in [0.1, 0.15) is 17.3 Å². The minimum absolute atomic E-state index is 0.0407. The highest BCUT2D eigenvalue weighted by molar-refractivity contribution is 6.09. The number of hydrogen-bond acceptors (Lipinski definition) is 4. The quantitative estimate of drug-likeness (QED) is 0.829. The van der Waals surface area contributed by atoms with Crippen LogP contribution in [0.15, 0.2) is 30.5 Å². The van der Waals surface area contributed by atoms with Crippen molar-refractivity contribution in [2.45, 2.75) is 6.92 Å². The Balaban J connectivity index is 2.31. The number of carbonyl (C=O) groups excluding carboxylic acids is 1. The molecule has 1 aromatic carbocycles. The topological polar surface area (TPSA) is 54.5 Å². The summed E-state index contributed by atoms with van der Waals surface area (Å²) in [7, 11) is 3.60. The van der Waals surface area contributed by atoms with Gasteiger partial charge in [-0.05, 0) is 12.3 Å². The van der Waals surface area contributed by atoms with E-state index < -0.39 is 0 Å². The Labute approximate surface area is 124 Å². The fourth-order valence-corrected chi connectivity index (χ4v) is 2.22. The molecular formula is C16H21N3O2. The highest BCUT2D eigenvalue weighted by Gasteiger charge is 2.16. The van der Waals surface area contributed by atoms with Gasteiger partial charge in [0.1, 0.15) is 5.82 Å². The number of benzene rings is 1. The third-order valence-corrected chi connectivity index (χ3v) is 3.38. The van der Waals surface area contributed by atoms with Gasteiger partial charge in [-0.3, -0.25) is 4.79 Å². The van der Waals surface area contributed by atoms with Gasteiger partial charge in [0.25, 0.3) is 5.91 Å². The molecule has 0 spiro atoms. The molecule has 2 aromatic rings. The number of likely N-dealkylation sites (N-methyl/N-ethyl adjacent to an activating group) is 1. The first-order valence-corrected chi connectivity index (χ1v) is 7.07. The molecule has 0 atom stereocenters. The summed E-state index contributed by atoms with van der Waals surface area (Å²) in [6, 6.07) is 7.78. The van der Waals surface area contributed by atoms with E-state index >= 15 is 0 Å². The van der Waals surface area contributed by atoms with Gasteiger partial charge in [0, 0.05) is 38.8 Å². The fourth-order valence-electron chi connectivity index (χ4n) is 2.22. The van der Waals surface area contributed by atoms with Gasteiger partial charge in [0.2, 0.25) is 0 Å². The smallest absolute Gasteiger partial charge is 0.255 e. The van der Waals surface area contributed by atoms with Crippen molar-refractivity contribution < 1.29 is 9.53 Å². The van der Waals surface area contributed by atoms with E-state index in [1.165, 1.54) is 0 Å². The molecule has 0 aliphatic rings. The molecule has 21 heavy (non-hydrogen) atoms. The van der Waals surface area contributed by atoms with Crippen LogP contribution < -0.4 is 5.32 Å². The number of ether oxygens (including phenoxy) is 1. The van der Waals surface area contributed by atoms with Gasteiger partial charge >= 0.3 is 0 Å². The van der Waals surface area contributed by atoms with Crippen molar-refractivity contribution in [2.24, 2.45) is 0 Å². The molecule has 0 saturated carbocycles. The molecule has 0 radical (unpaired) electrons. The number of nitrogens with zero attached hydrogens (tertiary/aromatic N) is 2. The number of fused-ring (bicyclic) bond motifs is 1. The van der Waals surface area contributed by atoms with Crippen molar-refractivity contribution >= 4 is 22.5 Å². The number of anilines is 1. The number of nitrogens with one attached hydrogen (secondary N) is 1. The number of carbonyl (C=O) groups is 1. The molecule has 1 heterocycles. The monoisotopic (exact) mass is 287 g/mol. The predicted octanol–water partition coefficient (Wildman–Crippen LogP) is 2.39. The second-order valence-corrected chi connectivity index (χ2v) is 4.74. The summed E-state index contributed by atoms with van der Waals surface area (Å²) in [6.07, 6.45) is 1.63. The molecule has 1 aromatic heterocycles. The Bertz CT molecular complexity index is 628. The number of pyridine rings is 1. The third kappa shape index (κ3) is 3.31. The van der Waals surface area contributed by atoms with E-state index in [0.717, 1.165) is 16.6 Å². The highest BCUT2D eigenvalue weighted by atomic mass is 16.5. The van der Waals surface area contributed by atoms with E-state index in [2.05, 4.69) is 10.3 Å². The first-order valence-electron chi connectivity index (χ1n) is 7.07. The Morgan fingerprint density at radius 1 is 1.33 bits per heavy atom. The zero-order valence-electron chi connectivity index (χ0n) is 12.7. The van der Waals surface area contributed by atoms with Gasteiger partial charge in [0.15, 0.2) is 0 Å². The van der Waals surface area contributed by atoms with Crippen LogP contribution in [0.4, 0.5) is 5.82 Å². The van der Waals surface area contributed by atoms with E-state index in [0.29, 0.717) is 25.3 Å². The molecule has 0 saturated heterocycles. The maximum absolute atomic E-state index is 12.6. The molecule has 0 unspecified atom stereocenters. The highest BCUT2D eigenvalue weighted by Crippen LogP contribution is 2.24. The Kier molecular flexibility index (Phi) is 5.11. The number of amides is 1. The zero-order valence-corrected chi connectivity index (χ0v) is 12.7. The van der Waals surface area contributed by atoms with Crippen LogP contribution in [0.5, 0.6) is 0 Å². The van der Waals surface area contributed by atoms with Crippen LogP contribution in [0.25, 0.3) is 10.8 Å². The predicted molar refractivity (Wildman–Crippen MR) is 84.7 cm³/mol. The summed E-state index contributed by atoms with van der Waals surface area (Å²) in [5.41, 5.74) is 0.614. The first-order chi connectivity index (χ1) is 10.2. The van der Waals surface area contributed by atoms with Crippen molar-refractivity contribution in [3.8, 4) is 0 Å². The summed E-state index contributed by atoms with van der Waals surface area (Å²) in [6.45, 7) is 3.70. The van der Waals surface area contributed by atoms with Gasteiger partial charge in [-0.15, -0.1) is 0 Å². The zero-order chi connectivity index (χ0) is 15.2. The van der Waals surface area contributed by atoms with Crippen LogP contribution >= 0.6 is 0 Å². The number of aromatic nitrogens is 1. The molecule has 5 nitrogen and oxygen atoms in total. The summed E-state index contributed by atoms with van der Waals surface area (Å²) >= 11 is 0. The lowest BCUT2D eigenvalue weighted by Crippen LogP contribution is -2.30. The van der Waals surface area contributed by atoms with E-state index in [4.69, 9.17) is 4.74 Å². The molecule has 0 aliphatic heterocycles. The van der Waals surface area contributed by atoms with E-state index in [9.17, 15) is 4.79 Å². The molecule has 2 rings (SSSR count). The second-order valence-electron chi connectivity index (χ2n) is 4.74. The lowest BCUT2D eigenvalue weighted by atomic mass is 10.1. The minimum atomic E-state index is -0.0407. The maximum atomic E-state index is 12.6. The molecule has 1 N–H and O–H groups in total. The largest absolute Gasteiger partial charge is 0.380 e. The molecule has 112 valence electrons. The Morgan fingerprint density at radius 2 is 2.05 bits per heavy atom. The van der Waals surface area contributed by atoms with Crippen LogP contribution in [0, 0.1) is 0 Å². The average Bonchev–Trinajstić information content (AvgIpc) is 2.53. The maximum Gasteiger partial charge on any atom is 0.255 e. The van der Waals surface area contributed by atoms with Crippen LogP contribution in [-0.2, 0) is 4.74 Å². The normalized spacial score (nSPS) is 10.6.